The minimum absolute atomic E-state index is 0.0438. The Kier molecular flexibility index (Phi) is 6.34. The predicted molar refractivity (Wildman–Crippen MR) is 119 cm³/mol. The van der Waals surface area contributed by atoms with Crippen LogP contribution in [0.25, 0.3) is 11.3 Å². The van der Waals surface area contributed by atoms with Gasteiger partial charge in [0.15, 0.2) is 11.6 Å². The zero-order valence-corrected chi connectivity index (χ0v) is 19.8. The zero-order valence-electron chi connectivity index (χ0n) is 19.1. The van der Waals surface area contributed by atoms with Gasteiger partial charge in [-0.3, -0.25) is 0 Å². The number of aliphatic hydroxyl groups is 2. The highest BCUT2D eigenvalue weighted by Crippen LogP contribution is 2.46. The average molecular weight is 511 g/mol. The number of aromatic nitrogens is 6. The lowest BCUT2D eigenvalue weighted by molar-refractivity contribution is -0.216. The summed E-state index contributed by atoms with van der Waals surface area (Å²) in [6.45, 7) is 1.92. The summed E-state index contributed by atoms with van der Waals surface area (Å²) in [5.74, 6) is -2.34. The number of nitrogens with zero attached hydrogens (tertiary/aromatic N) is 6. The maximum Gasteiger partial charge on any atom is 0.178 e. The maximum absolute atomic E-state index is 14.5. The molecule has 0 spiro atoms. The van der Waals surface area contributed by atoms with E-state index >= 15 is 0 Å². The highest BCUT2D eigenvalue weighted by molar-refractivity contribution is 6.30. The number of aliphatic hydroxyl groups excluding tert-OH is 2. The molecule has 2 aromatic heterocycles. The number of benzene rings is 1. The van der Waals surface area contributed by atoms with Crippen LogP contribution in [0, 0.1) is 11.6 Å². The molecule has 0 radical (unpaired) electrons. The molecule has 1 saturated heterocycles. The van der Waals surface area contributed by atoms with Crippen LogP contribution in [0.4, 0.5) is 8.78 Å². The number of hydrogen-bond donors (Lipinski definition) is 2. The SMILES string of the molecule is CO[C@@H]1[C@@H](n2cc(-c3ccc(Cl)c(F)c3F)nn2)[C@@H](O)[C@@H](CO)O[C@@H]1Cn1cc(C2(C)CC2)nn1. The van der Waals surface area contributed by atoms with E-state index < -0.39 is 48.7 Å². The zero-order chi connectivity index (χ0) is 24.9. The van der Waals surface area contributed by atoms with E-state index in [0.29, 0.717) is 0 Å². The van der Waals surface area contributed by atoms with Gasteiger partial charge in [-0.05, 0) is 25.0 Å². The Hall–Kier alpha value is -2.51. The molecule has 2 N–H and O–H groups in total. The molecule has 0 unspecified atom stereocenters. The second-order valence-electron chi connectivity index (χ2n) is 9.27. The van der Waals surface area contributed by atoms with Gasteiger partial charge in [0.25, 0.3) is 0 Å². The molecule has 10 nitrogen and oxygen atoms in total. The standard InChI is InChI=1S/C22H25ClF2N6O4/c1-22(5-6-22)16-9-30(28-27-16)8-14-21(34-2)19(20(33)15(10-32)35-14)31-7-13(26-29-31)11-3-4-12(23)18(25)17(11)24/h3-4,7,9,14-15,19-21,32-33H,5-6,8,10H2,1-2H3/t14-,15-,19+,20+,21+/m1/s1. The summed E-state index contributed by atoms with van der Waals surface area (Å²) >= 11 is 5.65. The van der Waals surface area contributed by atoms with Crippen molar-refractivity contribution < 1.29 is 28.5 Å². The van der Waals surface area contributed by atoms with E-state index in [1.165, 1.54) is 30.1 Å². The smallest absolute Gasteiger partial charge is 0.178 e. The van der Waals surface area contributed by atoms with Crippen LogP contribution in [-0.4, -0.2) is 78.3 Å². The molecule has 5 atom stereocenters. The molecule has 0 amide bonds. The number of ether oxygens (including phenoxy) is 2. The largest absolute Gasteiger partial charge is 0.394 e. The van der Waals surface area contributed by atoms with Crippen molar-refractivity contribution in [2.45, 2.75) is 62.2 Å². The van der Waals surface area contributed by atoms with Crippen molar-refractivity contribution in [2.75, 3.05) is 13.7 Å². The van der Waals surface area contributed by atoms with Crippen molar-refractivity contribution in [1.29, 1.82) is 0 Å². The molecule has 188 valence electrons. The number of methoxy groups -OCH3 is 1. The predicted octanol–water partition coefficient (Wildman–Crippen LogP) is 1.90. The van der Waals surface area contributed by atoms with Gasteiger partial charge < -0.3 is 19.7 Å². The molecule has 3 heterocycles. The Morgan fingerprint density at radius 3 is 2.63 bits per heavy atom. The van der Waals surface area contributed by atoms with Crippen LogP contribution in [0.5, 0.6) is 0 Å². The first kappa shape index (κ1) is 24.2. The van der Waals surface area contributed by atoms with Gasteiger partial charge >= 0.3 is 0 Å². The molecule has 3 aromatic rings. The van der Waals surface area contributed by atoms with E-state index in [0.717, 1.165) is 18.5 Å². The number of rotatable bonds is 7. The van der Waals surface area contributed by atoms with Gasteiger partial charge in [-0.15, -0.1) is 10.2 Å². The fraction of sp³-hybridized carbons (Fsp3) is 0.545. The molecule has 1 saturated carbocycles. The summed E-state index contributed by atoms with van der Waals surface area (Å²) in [6.07, 6.45) is 1.81. The lowest BCUT2D eigenvalue weighted by atomic mass is 9.92. The quantitative estimate of drug-likeness (QED) is 0.462. The summed E-state index contributed by atoms with van der Waals surface area (Å²) < 4.78 is 43.0. The first-order valence-electron chi connectivity index (χ1n) is 11.2. The van der Waals surface area contributed by atoms with E-state index in [1.54, 1.807) is 4.68 Å². The van der Waals surface area contributed by atoms with Crippen LogP contribution < -0.4 is 0 Å². The first-order chi connectivity index (χ1) is 16.8. The van der Waals surface area contributed by atoms with Gasteiger partial charge in [0.05, 0.1) is 30.1 Å². The fourth-order valence-corrected chi connectivity index (χ4v) is 4.62. The Morgan fingerprint density at radius 1 is 1.17 bits per heavy atom. The molecule has 35 heavy (non-hydrogen) atoms. The fourth-order valence-electron chi connectivity index (χ4n) is 4.47. The Bertz CT molecular complexity index is 1220. The summed E-state index contributed by atoms with van der Waals surface area (Å²) in [7, 11) is 1.46. The van der Waals surface area contributed by atoms with Crippen LogP contribution >= 0.6 is 11.6 Å². The van der Waals surface area contributed by atoms with Gasteiger partial charge in [0, 0.05) is 24.3 Å². The minimum atomic E-state index is -1.22. The van der Waals surface area contributed by atoms with Crippen LogP contribution in [0.1, 0.15) is 31.5 Å². The van der Waals surface area contributed by atoms with E-state index in [9.17, 15) is 19.0 Å². The maximum atomic E-state index is 14.5. The van der Waals surface area contributed by atoms with Crippen LogP contribution in [-0.2, 0) is 21.4 Å². The summed E-state index contributed by atoms with van der Waals surface area (Å²) in [6, 6.07) is 1.67. The molecule has 2 aliphatic rings. The Balaban J connectivity index is 1.44. The average Bonchev–Trinajstić information content (AvgIpc) is 3.23. The van der Waals surface area contributed by atoms with Gasteiger partial charge in [-0.2, -0.15) is 0 Å². The molecular formula is C22H25ClF2N6O4. The lowest BCUT2D eigenvalue weighted by Crippen LogP contribution is -2.57. The number of hydrogen-bond acceptors (Lipinski definition) is 8. The van der Waals surface area contributed by atoms with E-state index in [1.807, 2.05) is 6.20 Å². The summed E-state index contributed by atoms with van der Waals surface area (Å²) in [4.78, 5) is 0. The monoisotopic (exact) mass is 510 g/mol. The Morgan fingerprint density at radius 2 is 1.94 bits per heavy atom. The molecule has 1 aromatic carbocycles. The number of halogens is 3. The molecule has 1 aliphatic carbocycles. The van der Waals surface area contributed by atoms with Gasteiger partial charge in [-0.25, -0.2) is 18.1 Å². The highest BCUT2D eigenvalue weighted by atomic mass is 35.5. The normalized spacial score (nSPS) is 27.8. The van der Waals surface area contributed by atoms with E-state index in [2.05, 4.69) is 27.5 Å². The highest BCUT2D eigenvalue weighted by Gasteiger charge is 2.48. The van der Waals surface area contributed by atoms with Gasteiger partial charge in [0.2, 0.25) is 0 Å². The summed E-state index contributed by atoms with van der Waals surface area (Å²) in [5, 5.41) is 36.9. The van der Waals surface area contributed by atoms with Crippen LogP contribution in [0.3, 0.4) is 0 Å². The molecule has 5 rings (SSSR count). The van der Waals surface area contributed by atoms with Gasteiger partial charge in [0.1, 0.15) is 36.2 Å². The first-order valence-corrected chi connectivity index (χ1v) is 11.6. The van der Waals surface area contributed by atoms with Crippen molar-refractivity contribution in [3.05, 3.63) is 46.9 Å². The van der Waals surface area contributed by atoms with Crippen molar-refractivity contribution >= 4 is 11.6 Å². The van der Waals surface area contributed by atoms with Gasteiger partial charge in [-0.1, -0.05) is 29.0 Å². The van der Waals surface area contributed by atoms with Crippen molar-refractivity contribution in [2.24, 2.45) is 0 Å². The lowest BCUT2D eigenvalue weighted by Gasteiger charge is -2.43. The molecule has 1 aliphatic heterocycles. The molecule has 2 fully saturated rings. The minimum Gasteiger partial charge on any atom is -0.394 e. The second-order valence-corrected chi connectivity index (χ2v) is 9.68. The van der Waals surface area contributed by atoms with Crippen molar-refractivity contribution in [3.8, 4) is 11.3 Å². The van der Waals surface area contributed by atoms with Crippen molar-refractivity contribution in [3.63, 3.8) is 0 Å². The molecule has 0 bridgehead atoms. The van der Waals surface area contributed by atoms with E-state index in [4.69, 9.17) is 21.1 Å². The third-order valence-electron chi connectivity index (χ3n) is 6.89. The third-order valence-corrected chi connectivity index (χ3v) is 7.18. The summed E-state index contributed by atoms with van der Waals surface area (Å²) in [5.41, 5.74) is 0.859. The second kappa shape index (κ2) is 9.17. The molecule has 13 heteroatoms. The van der Waals surface area contributed by atoms with Crippen molar-refractivity contribution in [1.82, 2.24) is 30.0 Å². The van der Waals surface area contributed by atoms with Crippen LogP contribution in [0.15, 0.2) is 24.5 Å². The molecular weight excluding hydrogens is 486 g/mol. The van der Waals surface area contributed by atoms with Crippen LogP contribution in [0.2, 0.25) is 5.02 Å². The third kappa shape index (κ3) is 4.33. The van der Waals surface area contributed by atoms with E-state index in [-0.39, 0.29) is 28.2 Å². The topological polar surface area (TPSA) is 120 Å². The Labute approximate surface area is 204 Å².